The van der Waals surface area contributed by atoms with E-state index in [-0.39, 0.29) is 18.1 Å². The Bertz CT molecular complexity index is 253. The van der Waals surface area contributed by atoms with Crippen LogP contribution in [0.4, 0.5) is 0 Å². The zero-order valence-corrected chi connectivity index (χ0v) is 10.0. The zero-order chi connectivity index (χ0) is 11.5. The third-order valence-electron chi connectivity index (χ3n) is 3.71. The standard InChI is InChI=1S/C12H22N2O2/c1-2-16-12(15)11-6-10(13)8-14(11)7-9-4-3-5-9/h9-11H,2-8,13H2,1H3/t10-,11-/m0/s1. The van der Waals surface area contributed by atoms with Gasteiger partial charge in [0.1, 0.15) is 6.04 Å². The van der Waals surface area contributed by atoms with Crippen LogP contribution in [0.2, 0.25) is 0 Å². The van der Waals surface area contributed by atoms with Gasteiger partial charge in [-0.3, -0.25) is 9.69 Å². The maximum atomic E-state index is 11.8. The van der Waals surface area contributed by atoms with Crippen LogP contribution in [0, 0.1) is 5.92 Å². The molecule has 2 N–H and O–H groups in total. The summed E-state index contributed by atoms with van der Waals surface area (Å²) in [6.45, 7) is 4.18. The second-order valence-electron chi connectivity index (χ2n) is 5.01. The predicted molar refractivity (Wildman–Crippen MR) is 61.9 cm³/mol. The molecule has 92 valence electrons. The van der Waals surface area contributed by atoms with Crippen LogP contribution in [0.5, 0.6) is 0 Å². The Morgan fingerprint density at radius 1 is 1.50 bits per heavy atom. The van der Waals surface area contributed by atoms with Crippen LogP contribution in [0.3, 0.4) is 0 Å². The Hall–Kier alpha value is -0.610. The van der Waals surface area contributed by atoms with Gasteiger partial charge in [0.2, 0.25) is 0 Å². The molecule has 0 spiro atoms. The third-order valence-corrected chi connectivity index (χ3v) is 3.71. The topological polar surface area (TPSA) is 55.6 Å². The summed E-state index contributed by atoms with van der Waals surface area (Å²) in [6.07, 6.45) is 4.71. The van der Waals surface area contributed by atoms with E-state index in [4.69, 9.17) is 10.5 Å². The molecule has 1 heterocycles. The molecule has 0 amide bonds. The number of hydrogen-bond acceptors (Lipinski definition) is 4. The highest BCUT2D eigenvalue weighted by Crippen LogP contribution is 2.30. The fourth-order valence-electron chi connectivity index (χ4n) is 2.63. The summed E-state index contributed by atoms with van der Waals surface area (Å²) in [5.41, 5.74) is 5.94. The van der Waals surface area contributed by atoms with Gasteiger partial charge in [-0.2, -0.15) is 0 Å². The summed E-state index contributed by atoms with van der Waals surface area (Å²) in [7, 11) is 0. The second kappa shape index (κ2) is 5.15. The van der Waals surface area contributed by atoms with Gasteiger partial charge in [0.15, 0.2) is 0 Å². The van der Waals surface area contributed by atoms with Crippen molar-refractivity contribution in [2.24, 2.45) is 11.7 Å². The third kappa shape index (κ3) is 2.55. The molecule has 0 radical (unpaired) electrons. The lowest BCUT2D eigenvalue weighted by molar-refractivity contribution is -0.148. The van der Waals surface area contributed by atoms with E-state index >= 15 is 0 Å². The van der Waals surface area contributed by atoms with E-state index in [1.54, 1.807) is 0 Å². The molecule has 0 aromatic heterocycles. The zero-order valence-electron chi connectivity index (χ0n) is 10.0. The van der Waals surface area contributed by atoms with Crippen molar-refractivity contribution in [2.45, 2.75) is 44.7 Å². The van der Waals surface area contributed by atoms with Gasteiger partial charge in [-0.1, -0.05) is 6.42 Å². The smallest absolute Gasteiger partial charge is 0.323 e. The van der Waals surface area contributed by atoms with Gasteiger partial charge in [-0.05, 0) is 32.1 Å². The minimum Gasteiger partial charge on any atom is -0.465 e. The lowest BCUT2D eigenvalue weighted by Crippen LogP contribution is -2.41. The number of hydrogen-bond donors (Lipinski definition) is 1. The SMILES string of the molecule is CCOC(=O)[C@@H]1C[C@H](N)CN1CC1CCC1. The first kappa shape index (κ1) is 11.9. The van der Waals surface area contributed by atoms with Gasteiger partial charge >= 0.3 is 5.97 Å². The van der Waals surface area contributed by atoms with Gasteiger partial charge in [0.05, 0.1) is 6.61 Å². The second-order valence-corrected chi connectivity index (χ2v) is 5.01. The highest BCUT2D eigenvalue weighted by Gasteiger charge is 2.37. The van der Waals surface area contributed by atoms with Crippen LogP contribution >= 0.6 is 0 Å². The fraction of sp³-hybridized carbons (Fsp3) is 0.917. The minimum absolute atomic E-state index is 0.0875. The van der Waals surface area contributed by atoms with Gasteiger partial charge in [0, 0.05) is 19.1 Å². The monoisotopic (exact) mass is 226 g/mol. The molecule has 2 aliphatic rings. The normalized spacial score (nSPS) is 31.4. The number of nitrogens with two attached hydrogens (primary N) is 1. The summed E-state index contributed by atoms with van der Waals surface area (Å²) in [5, 5.41) is 0. The number of carbonyl (C=O) groups excluding carboxylic acids is 1. The Balaban J connectivity index is 1.89. The molecule has 16 heavy (non-hydrogen) atoms. The van der Waals surface area contributed by atoms with E-state index in [2.05, 4.69) is 4.90 Å². The van der Waals surface area contributed by atoms with Crippen molar-refractivity contribution in [3.63, 3.8) is 0 Å². The first-order chi connectivity index (χ1) is 7.70. The average Bonchev–Trinajstić information content (AvgIpc) is 2.54. The van der Waals surface area contributed by atoms with E-state index in [1.165, 1.54) is 19.3 Å². The van der Waals surface area contributed by atoms with E-state index < -0.39 is 0 Å². The molecule has 2 atom stereocenters. The minimum atomic E-state index is -0.0882. The molecule has 0 aromatic rings. The maximum Gasteiger partial charge on any atom is 0.323 e. The van der Waals surface area contributed by atoms with E-state index in [9.17, 15) is 4.79 Å². The maximum absolute atomic E-state index is 11.8. The summed E-state index contributed by atoms with van der Waals surface area (Å²) in [4.78, 5) is 14.0. The number of carbonyl (C=O) groups is 1. The molecule has 4 heteroatoms. The summed E-state index contributed by atoms with van der Waals surface area (Å²) < 4.78 is 5.10. The summed E-state index contributed by atoms with van der Waals surface area (Å²) >= 11 is 0. The Kier molecular flexibility index (Phi) is 3.82. The average molecular weight is 226 g/mol. The van der Waals surface area contributed by atoms with Crippen molar-refractivity contribution < 1.29 is 9.53 Å². The Morgan fingerprint density at radius 2 is 2.25 bits per heavy atom. The van der Waals surface area contributed by atoms with Crippen molar-refractivity contribution in [2.75, 3.05) is 19.7 Å². The van der Waals surface area contributed by atoms with Gasteiger partial charge < -0.3 is 10.5 Å². The molecule has 1 aliphatic heterocycles. The Morgan fingerprint density at radius 3 is 2.81 bits per heavy atom. The molecule has 4 nitrogen and oxygen atoms in total. The quantitative estimate of drug-likeness (QED) is 0.719. The van der Waals surface area contributed by atoms with Gasteiger partial charge in [-0.25, -0.2) is 0 Å². The van der Waals surface area contributed by atoms with Crippen molar-refractivity contribution >= 4 is 5.97 Å². The molecular formula is C12H22N2O2. The molecule has 1 saturated carbocycles. The fourth-order valence-corrected chi connectivity index (χ4v) is 2.63. The first-order valence-electron chi connectivity index (χ1n) is 6.37. The van der Waals surface area contributed by atoms with Crippen LogP contribution < -0.4 is 5.73 Å². The summed E-state index contributed by atoms with van der Waals surface area (Å²) in [5.74, 6) is 0.692. The Labute approximate surface area is 97.1 Å². The number of ether oxygens (including phenoxy) is 1. The molecule has 0 aromatic carbocycles. The van der Waals surface area contributed by atoms with Crippen LogP contribution in [0.15, 0.2) is 0 Å². The molecule has 1 aliphatic carbocycles. The van der Waals surface area contributed by atoms with Crippen molar-refractivity contribution in [3.8, 4) is 0 Å². The molecular weight excluding hydrogens is 204 g/mol. The van der Waals surface area contributed by atoms with Crippen LogP contribution in [-0.4, -0.2) is 42.6 Å². The molecule has 2 fully saturated rings. The molecule has 0 bridgehead atoms. The highest BCUT2D eigenvalue weighted by molar-refractivity contribution is 5.76. The van der Waals surface area contributed by atoms with Crippen LogP contribution in [0.1, 0.15) is 32.6 Å². The van der Waals surface area contributed by atoms with Gasteiger partial charge in [0.25, 0.3) is 0 Å². The largest absolute Gasteiger partial charge is 0.465 e. The highest BCUT2D eigenvalue weighted by atomic mass is 16.5. The van der Waals surface area contributed by atoms with E-state index in [0.29, 0.717) is 6.61 Å². The van der Waals surface area contributed by atoms with Crippen LogP contribution in [-0.2, 0) is 9.53 Å². The van der Waals surface area contributed by atoms with Crippen molar-refractivity contribution in [3.05, 3.63) is 0 Å². The number of likely N-dealkylation sites (tertiary alicyclic amines) is 1. The number of nitrogens with zero attached hydrogens (tertiary/aromatic N) is 1. The molecule has 1 saturated heterocycles. The van der Waals surface area contributed by atoms with Crippen molar-refractivity contribution in [1.29, 1.82) is 0 Å². The number of esters is 1. The molecule has 0 unspecified atom stereocenters. The lowest BCUT2D eigenvalue weighted by atomic mass is 9.85. The first-order valence-corrected chi connectivity index (χ1v) is 6.37. The number of rotatable bonds is 4. The summed E-state index contributed by atoms with van der Waals surface area (Å²) in [6, 6.07) is 0.0463. The predicted octanol–water partition coefficient (Wildman–Crippen LogP) is 0.751. The molecule has 2 rings (SSSR count). The van der Waals surface area contributed by atoms with E-state index in [0.717, 1.165) is 25.4 Å². The van der Waals surface area contributed by atoms with Crippen LogP contribution in [0.25, 0.3) is 0 Å². The van der Waals surface area contributed by atoms with Crippen molar-refractivity contribution in [1.82, 2.24) is 4.90 Å². The lowest BCUT2D eigenvalue weighted by Gasteiger charge is -2.32. The van der Waals surface area contributed by atoms with Gasteiger partial charge in [-0.15, -0.1) is 0 Å². The van der Waals surface area contributed by atoms with E-state index in [1.807, 2.05) is 6.92 Å².